The molecular weight excluding hydrogens is 447 g/mol. The van der Waals surface area contributed by atoms with E-state index in [0.717, 1.165) is 27.8 Å². The van der Waals surface area contributed by atoms with Gasteiger partial charge < -0.3 is 0 Å². The highest BCUT2D eigenvalue weighted by Crippen LogP contribution is 2.27. The molecule has 0 unspecified atom stereocenters. The number of hydrogen-bond acceptors (Lipinski definition) is 8. The summed E-state index contributed by atoms with van der Waals surface area (Å²) >= 11 is 2.18. The molecule has 0 heterocycles. The fourth-order valence-corrected chi connectivity index (χ4v) is 1.84. The third-order valence-corrected chi connectivity index (χ3v) is 3.20. The Bertz CT molecular complexity index is 824. The molecule has 0 atom stereocenters. The smallest absolute Gasteiger partial charge is 0.258 e. The van der Waals surface area contributed by atoms with Crippen LogP contribution in [0.25, 0.3) is 0 Å². The Balaban J connectivity index is 0.000000271. The van der Waals surface area contributed by atoms with E-state index < -0.39 is 21.2 Å². The van der Waals surface area contributed by atoms with Crippen LogP contribution in [0, 0.1) is 23.8 Å². The maximum Gasteiger partial charge on any atom is 0.278 e. The average molecular weight is 454 g/mol. The molecule has 0 radical (unpaired) electrons. The molecule has 126 valence electrons. The molecule has 0 N–H and O–H groups in total. The summed E-state index contributed by atoms with van der Waals surface area (Å²) in [6.07, 6.45) is 2.62. The number of nitro groups is 2. The summed E-state index contributed by atoms with van der Waals surface area (Å²) in [7, 11) is 0. The first-order chi connectivity index (χ1) is 11.9. The van der Waals surface area contributed by atoms with Crippen molar-refractivity contribution in [3.05, 3.63) is 66.3 Å². The van der Waals surface area contributed by atoms with Gasteiger partial charge in [0.25, 0.3) is 11.4 Å². The zero-order chi connectivity index (χ0) is 18.8. The second-order valence-corrected chi connectivity index (χ2v) is 5.35. The molecule has 0 amide bonds. The van der Waals surface area contributed by atoms with E-state index in [9.17, 15) is 29.8 Å². The zero-order valence-corrected chi connectivity index (χ0v) is 14.3. The van der Waals surface area contributed by atoms with Crippen molar-refractivity contribution in [1.29, 1.82) is 0 Å². The third kappa shape index (κ3) is 6.79. The minimum Gasteiger partial charge on any atom is -0.258 e. The Morgan fingerprint density at radius 2 is 1.24 bits per heavy atom. The van der Waals surface area contributed by atoms with E-state index in [0.29, 0.717) is 5.69 Å². The Morgan fingerprint density at radius 1 is 0.800 bits per heavy atom. The number of carbonyl (C=O) groups excluding carboxylic acids is 2. The summed E-state index contributed by atoms with van der Waals surface area (Å²) in [6, 6.07) is 9.98. The second kappa shape index (κ2) is 9.78. The van der Waals surface area contributed by atoms with E-state index >= 15 is 0 Å². The van der Waals surface area contributed by atoms with Crippen molar-refractivity contribution in [1.82, 2.24) is 0 Å². The van der Waals surface area contributed by atoms with E-state index in [1.807, 2.05) is 12.1 Å². The maximum absolute atomic E-state index is 10.4. The summed E-state index contributed by atoms with van der Waals surface area (Å²) in [4.78, 5) is 45.3. The molecule has 0 fully saturated rings. The number of aliphatic imine (C=N–C) groups is 2. The average Bonchev–Trinajstić information content (AvgIpc) is 2.58. The van der Waals surface area contributed by atoms with Crippen molar-refractivity contribution in [3.8, 4) is 0 Å². The Hall–Kier alpha value is -3.27. The highest BCUT2D eigenvalue weighted by molar-refractivity contribution is 14.1. The largest absolute Gasteiger partial charge is 0.278 e. The van der Waals surface area contributed by atoms with Gasteiger partial charge in [0, 0.05) is 15.7 Å². The van der Waals surface area contributed by atoms with Crippen molar-refractivity contribution in [2.24, 2.45) is 9.98 Å². The Labute approximate surface area is 153 Å². The van der Waals surface area contributed by atoms with E-state index in [1.54, 1.807) is 12.1 Å². The third-order valence-electron chi connectivity index (χ3n) is 2.49. The lowest BCUT2D eigenvalue weighted by atomic mass is 10.2. The van der Waals surface area contributed by atoms with Crippen LogP contribution in [0.2, 0.25) is 0 Å². The number of halogens is 1. The molecule has 0 aliphatic heterocycles. The highest BCUT2D eigenvalue weighted by Gasteiger charge is 2.15. The predicted octanol–water partition coefficient (Wildman–Crippen LogP) is 3.73. The lowest BCUT2D eigenvalue weighted by Crippen LogP contribution is -1.92. The monoisotopic (exact) mass is 454 g/mol. The first-order valence-electron chi connectivity index (χ1n) is 6.22. The Kier molecular flexibility index (Phi) is 7.73. The van der Waals surface area contributed by atoms with Crippen LogP contribution in [0.15, 0.2) is 52.4 Å². The van der Waals surface area contributed by atoms with Gasteiger partial charge in [-0.3, -0.25) is 20.2 Å². The van der Waals surface area contributed by atoms with Crippen molar-refractivity contribution in [2.45, 2.75) is 0 Å². The minimum atomic E-state index is -0.809. The molecule has 2 rings (SSSR count). The lowest BCUT2D eigenvalue weighted by molar-refractivity contribution is -0.394. The van der Waals surface area contributed by atoms with Crippen molar-refractivity contribution in [2.75, 3.05) is 0 Å². The standard InChI is InChI=1S/C7H4INO.C7H3N3O5/c8-6-1-3-7(4-2-6)9-5-10;11-4-8-5-1-6(9(12)13)3-7(2-5)10(14)15/h1-4H;1-3H. The number of benzene rings is 2. The molecule has 0 saturated carbocycles. The minimum absolute atomic E-state index is 0.175. The topological polar surface area (TPSA) is 145 Å². The van der Waals surface area contributed by atoms with Crippen molar-refractivity contribution < 1.29 is 19.4 Å². The van der Waals surface area contributed by atoms with Crippen LogP contribution in [0.3, 0.4) is 0 Å². The number of non-ortho nitro benzene ring substituents is 2. The number of rotatable bonds is 4. The Morgan fingerprint density at radius 3 is 1.64 bits per heavy atom. The van der Waals surface area contributed by atoms with E-state index in [1.165, 1.54) is 6.08 Å². The summed E-state index contributed by atoms with van der Waals surface area (Å²) in [5.41, 5.74) is -0.530. The summed E-state index contributed by atoms with van der Waals surface area (Å²) in [6.45, 7) is 0. The summed E-state index contributed by atoms with van der Waals surface area (Å²) in [5, 5.41) is 20.7. The predicted molar refractivity (Wildman–Crippen MR) is 94.5 cm³/mol. The first kappa shape index (κ1) is 19.8. The summed E-state index contributed by atoms with van der Waals surface area (Å²) in [5.74, 6) is 0. The SMILES string of the molecule is O=C=Nc1cc([N+](=O)[O-])cc([N+](=O)[O-])c1.O=C=Nc1ccc(I)cc1. The number of hydrogen-bond donors (Lipinski definition) is 0. The number of nitrogens with zero attached hydrogens (tertiary/aromatic N) is 4. The molecule has 11 heteroatoms. The van der Waals surface area contributed by atoms with Crippen LogP contribution in [-0.2, 0) is 9.59 Å². The van der Waals surface area contributed by atoms with Crippen molar-refractivity contribution >= 4 is 57.5 Å². The fourth-order valence-electron chi connectivity index (χ4n) is 1.48. The normalized spacial score (nSPS) is 8.84. The molecule has 0 spiro atoms. The number of isocyanates is 2. The zero-order valence-electron chi connectivity index (χ0n) is 12.2. The van der Waals surface area contributed by atoms with E-state index in [-0.39, 0.29) is 5.69 Å². The molecule has 0 aromatic heterocycles. The van der Waals surface area contributed by atoms with Gasteiger partial charge in [0.1, 0.15) is 0 Å². The van der Waals surface area contributed by atoms with E-state index in [4.69, 9.17) is 0 Å². The fraction of sp³-hybridized carbons (Fsp3) is 0. The number of nitro benzene ring substituents is 2. The van der Waals surface area contributed by atoms with Crippen LogP contribution in [0.1, 0.15) is 0 Å². The quantitative estimate of drug-likeness (QED) is 0.226. The van der Waals surface area contributed by atoms with Crippen LogP contribution in [0.5, 0.6) is 0 Å². The molecule has 0 aliphatic rings. The maximum atomic E-state index is 10.4. The van der Waals surface area contributed by atoms with E-state index in [2.05, 4.69) is 32.6 Å². The van der Waals surface area contributed by atoms with Crippen LogP contribution in [0.4, 0.5) is 22.7 Å². The molecule has 2 aromatic rings. The summed E-state index contributed by atoms with van der Waals surface area (Å²) < 4.78 is 1.13. The van der Waals surface area contributed by atoms with Gasteiger partial charge in [-0.15, -0.1) is 0 Å². The van der Waals surface area contributed by atoms with Crippen LogP contribution >= 0.6 is 22.6 Å². The van der Waals surface area contributed by atoms with Gasteiger partial charge in [0.05, 0.1) is 27.3 Å². The van der Waals surface area contributed by atoms with Crippen LogP contribution in [-0.4, -0.2) is 22.0 Å². The van der Waals surface area contributed by atoms with Gasteiger partial charge in [0.15, 0.2) is 0 Å². The van der Waals surface area contributed by atoms with Gasteiger partial charge >= 0.3 is 0 Å². The van der Waals surface area contributed by atoms with Gasteiger partial charge in [-0.05, 0) is 46.9 Å². The molecule has 0 saturated heterocycles. The molecular formula is C14H7IN4O6. The van der Waals surface area contributed by atoms with Gasteiger partial charge in [-0.25, -0.2) is 9.59 Å². The molecule has 10 nitrogen and oxygen atoms in total. The first-order valence-corrected chi connectivity index (χ1v) is 7.30. The molecule has 2 aromatic carbocycles. The molecule has 0 bridgehead atoms. The lowest BCUT2D eigenvalue weighted by Gasteiger charge is -1.94. The van der Waals surface area contributed by atoms with Gasteiger partial charge in [-0.1, -0.05) is 0 Å². The molecule has 0 aliphatic carbocycles. The van der Waals surface area contributed by atoms with Gasteiger partial charge in [0.2, 0.25) is 12.2 Å². The van der Waals surface area contributed by atoms with Crippen LogP contribution < -0.4 is 0 Å². The van der Waals surface area contributed by atoms with Crippen molar-refractivity contribution in [3.63, 3.8) is 0 Å². The second-order valence-electron chi connectivity index (χ2n) is 4.10. The highest BCUT2D eigenvalue weighted by atomic mass is 127. The van der Waals surface area contributed by atoms with Gasteiger partial charge in [-0.2, -0.15) is 9.98 Å². The molecule has 25 heavy (non-hydrogen) atoms.